The van der Waals surface area contributed by atoms with E-state index in [2.05, 4.69) is 21.9 Å². The highest BCUT2D eigenvalue weighted by Crippen LogP contribution is 2.32. The van der Waals surface area contributed by atoms with Gasteiger partial charge in [-0.2, -0.15) is 0 Å². The van der Waals surface area contributed by atoms with Crippen LogP contribution in [0.4, 0.5) is 5.69 Å². The van der Waals surface area contributed by atoms with Gasteiger partial charge in [-0.25, -0.2) is 0 Å². The lowest BCUT2D eigenvalue weighted by molar-refractivity contribution is 0.176. The zero-order valence-electron chi connectivity index (χ0n) is 12.0. The van der Waals surface area contributed by atoms with Crippen molar-refractivity contribution in [1.82, 2.24) is 4.90 Å². The molecule has 0 spiro atoms. The molecule has 1 saturated heterocycles. The molecule has 3 rings (SSSR count). The van der Waals surface area contributed by atoms with E-state index in [0.717, 1.165) is 44.2 Å². The smallest absolute Gasteiger partial charge is 0.0426 e. The summed E-state index contributed by atoms with van der Waals surface area (Å²) in [5.74, 6) is 0. The van der Waals surface area contributed by atoms with Crippen LogP contribution in [0, 0.1) is 0 Å². The van der Waals surface area contributed by atoms with Crippen LogP contribution in [-0.2, 0) is 0 Å². The van der Waals surface area contributed by atoms with Crippen LogP contribution in [-0.4, -0.2) is 43.2 Å². The van der Waals surface area contributed by atoms with Gasteiger partial charge in [-0.05, 0) is 43.9 Å². The van der Waals surface area contributed by atoms with Gasteiger partial charge in [0, 0.05) is 49.0 Å². The number of nitrogens with zero attached hydrogens (tertiary/aromatic N) is 2. The molecule has 1 aliphatic heterocycles. The Labute approximate surface area is 126 Å². The molecule has 0 unspecified atom stereocenters. The molecule has 20 heavy (non-hydrogen) atoms. The fourth-order valence-electron chi connectivity index (χ4n) is 3.16. The first kappa shape index (κ1) is 14.2. The average molecular weight is 294 g/mol. The van der Waals surface area contributed by atoms with E-state index in [1.807, 2.05) is 12.1 Å². The fourth-order valence-corrected chi connectivity index (χ4v) is 3.35. The first-order valence-electron chi connectivity index (χ1n) is 7.66. The second-order valence-corrected chi connectivity index (χ2v) is 6.71. The van der Waals surface area contributed by atoms with Gasteiger partial charge in [0.2, 0.25) is 0 Å². The van der Waals surface area contributed by atoms with Gasteiger partial charge in [0.1, 0.15) is 0 Å². The molecule has 1 heterocycles. The number of hydrogen-bond donors (Lipinski definition) is 1. The summed E-state index contributed by atoms with van der Waals surface area (Å²) >= 11 is 6.06. The lowest BCUT2D eigenvalue weighted by atomic mass is 9.75. The van der Waals surface area contributed by atoms with Crippen LogP contribution in [0.5, 0.6) is 0 Å². The summed E-state index contributed by atoms with van der Waals surface area (Å²) in [5.41, 5.74) is 7.70. The van der Waals surface area contributed by atoms with E-state index in [4.69, 9.17) is 17.3 Å². The van der Waals surface area contributed by atoms with E-state index in [1.54, 1.807) is 0 Å². The molecule has 110 valence electrons. The number of rotatable bonds is 4. The number of halogens is 1. The normalized spacial score (nSPS) is 22.6. The van der Waals surface area contributed by atoms with Crippen LogP contribution in [0.15, 0.2) is 24.3 Å². The fraction of sp³-hybridized carbons (Fsp3) is 0.625. The minimum atomic E-state index is 0.157. The van der Waals surface area contributed by atoms with Crippen molar-refractivity contribution in [2.75, 3.05) is 37.6 Å². The Bertz CT molecular complexity index is 451. The number of benzene rings is 1. The minimum absolute atomic E-state index is 0.157. The maximum Gasteiger partial charge on any atom is 0.0426 e. The van der Waals surface area contributed by atoms with Crippen LogP contribution >= 0.6 is 11.6 Å². The topological polar surface area (TPSA) is 32.5 Å². The second kappa shape index (κ2) is 5.92. The van der Waals surface area contributed by atoms with Crippen molar-refractivity contribution < 1.29 is 0 Å². The number of hydrogen-bond acceptors (Lipinski definition) is 3. The zero-order chi connectivity index (χ0) is 14.0. The lowest BCUT2D eigenvalue weighted by Gasteiger charge is -2.41. The zero-order valence-corrected chi connectivity index (χ0v) is 12.8. The van der Waals surface area contributed by atoms with Gasteiger partial charge in [0.25, 0.3) is 0 Å². The summed E-state index contributed by atoms with van der Waals surface area (Å²) in [6.07, 6.45) is 4.91. The molecule has 2 N–H and O–H groups in total. The highest BCUT2D eigenvalue weighted by atomic mass is 35.5. The van der Waals surface area contributed by atoms with Crippen LogP contribution in [0.25, 0.3) is 0 Å². The van der Waals surface area contributed by atoms with E-state index in [9.17, 15) is 0 Å². The van der Waals surface area contributed by atoms with Crippen molar-refractivity contribution >= 4 is 17.3 Å². The molecule has 2 fully saturated rings. The van der Waals surface area contributed by atoms with Crippen LogP contribution < -0.4 is 10.6 Å². The maximum absolute atomic E-state index is 6.30. The van der Waals surface area contributed by atoms with Gasteiger partial charge in [0.15, 0.2) is 0 Å². The Hall–Kier alpha value is -0.770. The van der Waals surface area contributed by atoms with Gasteiger partial charge >= 0.3 is 0 Å². The van der Waals surface area contributed by atoms with Gasteiger partial charge in [-0.15, -0.1) is 0 Å². The molecule has 1 aromatic rings. The average Bonchev–Trinajstić information content (AvgIpc) is 2.44. The highest BCUT2D eigenvalue weighted by molar-refractivity contribution is 6.30. The van der Waals surface area contributed by atoms with E-state index < -0.39 is 0 Å². The van der Waals surface area contributed by atoms with Gasteiger partial charge < -0.3 is 10.6 Å². The third kappa shape index (κ3) is 3.27. The van der Waals surface area contributed by atoms with Crippen molar-refractivity contribution in [3.05, 3.63) is 29.3 Å². The first-order valence-corrected chi connectivity index (χ1v) is 8.04. The van der Waals surface area contributed by atoms with Gasteiger partial charge in [-0.3, -0.25) is 4.90 Å². The van der Waals surface area contributed by atoms with Crippen molar-refractivity contribution in [3.63, 3.8) is 0 Å². The molecule has 2 aliphatic rings. The minimum Gasteiger partial charge on any atom is -0.369 e. The monoisotopic (exact) mass is 293 g/mol. The molecule has 0 bridgehead atoms. The highest BCUT2D eigenvalue weighted by Gasteiger charge is 2.32. The molecule has 4 heteroatoms. The third-order valence-corrected chi connectivity index (χ3v) is 5.06. The molecule has 0 radical (unpaired) electrons. The second-order valence-electron chi connectivity index (χ2n) is 6.27. The van der Waals surface area contributed by atoms with Gasteiger partial charge in [-0.1, -0.05) is 17.7 Å². The summed E-state index contributed by atoms with van der Waals surface area (Å²) in [7, 11) is 0. The van der Waals surface area contributed by atoms with Crippen molar-refractivity contribution in [2.24, 2.45) is 5.73 Å². The number of piperazine rings is 1. The number of nitrogens with two attached hydrogens (primary N) is 1. The Morgan fingerprint density at radius 3 is 2.50 bits per heavy atom. The number of anilines is 1. The van der Waals surface area contributed by atoms with E-state index in [0.29, 0.717) is 0 Å². The van der Waals surface area contributed by atoms with Crippen molar-refractivity contribution in [1.29, 1.82) is 0 Å². The summed E-state index contributed by atoms with van der Waals surface area (Å²) in [4.78, 5) is 4.97. The molecule has 1 aliphatic carbocycles. The Kier molecular flexibility index (Phi) is 4.20. The molecule has 1 aromatic carbocycles. The van der Waals surface area contributed by atoms with Crippen LogP contribution in [0.2, 0.25) is 5.02 Å². The standard InChI is InChI=1S/C16H24ClN3/c17-14-3-1-4-15(13-14)20-11-9-19(10-12-20)8-7-16(18)5-2-6-16/h1,3-4,13H,2,5-12,18H2. The van der Waals surface area contributed by atoms with E-state index in [-0.39, 0.29) is 5.54 Å². The Morgan fingerprint density at radius 2 is 1.90 bits per heavy atom. The Balaban J connectivity index is 1.47. The molecular weight excluding hydrogens is 270 g/mol. The van der Waals surface area contributed by atoms with Crippen LogP contribution in [0.1, 0.15) is 25.7 Å². The Morgan fingerprint density at radius 1 is 1.15 bits per heavy atom. The van der Waals surface area contributed by atoms with Crippen molar-refractivity contribution in [2.45, 2.75) is 31.2 Å². The van der Waals surface area contributed by atoms with E-state index >= 15 is 0 Å². The first-order chi connectivity index (χ1) is 9.65. The molecule has 1 saturated carbocycles. The summed E-state index contributed by atoms with van der Waals surface area (Å²) < 4.78 is 0. The SMILES string of the molecule is NC1(CCN2CCN(c3cccc(Cl)c3)CC2)CCC1. The quantitative estimate of drug-likeness (QED) is 0.926. The lowest BCUT2D eigenvalue weighted by Crippen LogP contribution is -2.51. The molecular formula is C16H24ClN3. The van der Waals surface area contributed by atoms with E-state index in [1.165, 1.54) is 24.9 Å². The maximum atomic E-state index is 6.30. The summed E-state index contributed by atoms with van der Waals surface area (Å²) in [6.45, 7) is 5.57. The summed E-state index contributed by atoms with van der Waals surface area (Å²) in [5, 5.41) is 0.819. The molecule has 0 aromatic heterocycles. The van der Waals surface area contributed by atoms with Crippen molar-refractivity contribution in [3.8, 4) is 0 Å². The van der Waals surface area contributed by atoms with Gasteiger partial charge in [0.05, 0.1) is 0 Å². The largest absolute Gasteiger partial charge is 0.369 e. The third-order valence-electron chi connectivity index (χ3n) is 4.82. The molecule has 3 nitrogen and oxygen atoms in total. The molecule has 0 atom stereocenters. The summed E-state index contributed by atoms with van der Waals surface area (Å²) in [6, 6.07) is 8.16. The van der Waals surface area contributed by atoms with Crippen LogP contribution in [0.3, 0.4) is 0 Å². The molecule has 0 amide bonds. The predicted molar refractivity (Wildman–Crippen MR) is 85.5 cm³/mol. The predicted octanol–water partition coefficient (Wildman–Crippen LogP) is 2.73.